The second-order valence-corrected chi connectivity index (χ2v) is 4.86. The molecular formula is C14H20N2O2. The smallest absolute Gasteiger partial charge is 0.257 e. The lowest BCUT2D eigenvalue weighted by Crippen LogP contribution is -2.30. The van der Waals surface area contributed by atoms with Crippen molar-refractivity contribution in [3.8, 4) is 5.75 Å². The van der Waals surface area contributed by atoms with Crippen LogP contribution >= 0.6 is 0 Å². The highest BCUT2D eigenvalue weighted by atomic mass is 16.5. The standard InChI is InChI=1S/C14H20N2O2/c1-10(15)12-4-2-3-5-13(12)18-9-14(17)16-8-11-6-7-11/h2-5,10-11H,6-9,15H2,1H3,(H,16,17). The maximum absolute atomic E-state index is 11.6. The molecule has 18 heavy (non-hydrogen) atoms. The van der Waals surface area contributed by atoms with Gasteiger partial charge in [-0.05, 0) is 31.7 Å². The number of amides is 1. The Labute approximate surface area is 108 Å². The largest absolute Gasteiger partial charge is 0.483 e. The molecule has 0 spiro atoms. The van der Waals surface area contributed by atoms with E-state index in [0.717, 1.165) is 12.1 Å². The van der Waals surface area contributed by atoms with Gasteiger partial charge in [0.15, 0.2) is 6.61 Å². The van der Waals surface area contributed by atoms with Gasteiger partial charge < -0.3 is 15.8 Å². The fourth-order valence-electron chi connectivity index (χ4n) is 1.76. The lowest BCUT2D eigenvalue weighted by atomic mass is 10.1. The number of nitrogens with one attached hydrogen (secondary N) is 1. The van der Waals surface area contributed by atoms with E-state index < -0.39 is 0 Å². The second kappa shape index (κ2) is 5.87. The summed E-state index contributed by atoms with van der Waals surface area (Å²) in [5, 5.41) is 2.87. The zero-order valence-electron chi connectivity index (χ0n) is 10.7. The second-order valence-electron chi connectivity index (χ2n) is 4.86. The zero-order chi connectivity index (χ0) is 13.0. The predicted octanol–water partition coefficient (Wildman–Crippen LogP) is 1.61. The minimum atomic E-state index is -0.101. The summed E-state index contributed by atoms with van der Waals surface area (Å²) < 4.78 is 5.52. The van der Waals surface area contributed by atoms with Crippen molar-refractivity contribution in [3.05, 3.63) is 29.8 Å². The minimum absolute atomic E-state index is 0.0520. The van der Waals surface area contributed by atoms with E-state index in [4.69, 9.17) is 10.5 Å². The van der Waals surface area contributed by atoms with Crippen molar-refractivity contribution >= 4 is 5.91 Å². The Morgan fingerprint density at radius 1 is 1.50 bits per heavy atom. The number of hydrogen-bond acceptors (Lipinski definition) is 3. The van der Waals surface area contributed by atoms with E-state index in [1.807, 2.05) is 31.2 Å². The molecule has 0 saturated heterocycles. The van der Waals surface area contributed by atoms with Gasteiger partial charge in [0, 0.05) is 18.2 Å². The predicted molar refractivity (Wildman–Crippen MR) is 70.3 cm³/mol. The Morgan fingerprint density at radius 3 is 2.89 bits per heavy atom. The molecule has 0 aliphatic heterocycles. The van der Waals surface area contributed by atoms with Gasteiger partial charge in [-0.2, -0.15) is 0 Å². The van der Waals surface area contributed by atoms with Crippen LogP contribution in [0.4, 0.5) is 0 Å². The molecule has 98 valence electrons. The van der Waals surface area contributed by atoms with E-state index >= 15 is 0 Å². The van der Waals surface area contributed by atoms with Gasteiger partial charge in [0.2, 0.25) is 0 Å². The van der Waals surface area contributed by atoms with Crippen molar-refractivity contribution in [2.24, 2.45) is 11.7 Å². The van der Waals surface area contributed by atoms with Gasteiger partial charge in [0.1, 0.15) is 5.75 Å². The molecule has 1 atom stereocenters. The molecule has 1 amide bonds. The van der Waals surface area contributed by atoms with Crippen LogP contribution in [0.25, 0.3) is 0 Å². The van der Waals surface area contributed by atoms with Crippen LogP contribution in [0.1, 0.15) is 31.4 Å². The third-order valence-electron chi connectivity index (χ3n) is 3.05. The van der Waals surface area contributed by atoms with Crippen LogP contribution in [0, 0.1) is 5.92 Å². The number of carbonyl (C=O) groups excluding carboxylic acids is 1. The highest BCUT2D eigenvalue weighted by molar-refractivity contribution is 5.77. The lowest BCUT2D eigenvalue weighted by molar-refractivity contribution is -0.123. The lowest BCUT2D eigenvalue weighted by Gasteiger charge is -2.13. The topological polar surface area (TPSA) is 64.3 Å². The minimum Gasteiger partial charge on any atom is -0.483 e. The third kappa shape index (κ3) is 3.74. The number of benzene rings is 1. The molecule has 0 aromatic heterocycles. The van der Waals surface area contributed by atoms with Gasteiger partial charge in [-0.3, -0.25) is 4.79 Å². The van der Waals surface area contributed by atoms with E-state index in [-0.39, 0.29) is 18.6 Å². The maximum atomic E-state index is 11.6. The van der Waals surface area contributed by atoms with Crippen molar-refractivity contribution in [2.75, 3.05) is 13.2 Å². The van der Waals surface area contributed by atoms with Gasteiger partial charge in [0.05, 0.1) is 0 Å². The summed E-state index contributed by atoms with van der Waals surface area (Å²) in [5.74, 6) is 1.31. The molecule has 1 aliphatic rings. The van der Waals surface area contributed by atoms with Gasteiger partial charge in [-0.1, -0.05) is 18.2 Å². The maximum Gasteiger partial charge on any atom is 0.257 e. The van der Waals surface area contributed by atoms with Crippen LogP contribution < -0.4 is 15.8 Å². The molecule has 0 heterocycles. The molecule has 2 rings (SSSR count). The van der Waals surface area contributed by atoms with Crippen molar-refractivity contribution in [1.29, 1.82) is 0 Å². The zero-order valence-corrected chi connectivity index (χ0v) is 10.7. The van der Waals surface area contributed by atoms with E-state index in [1.54, 1.807) is 0 Å². The fourth-order valence-corrected chi connectivity index (χ4v) is 1.76. The summed E-state index contributed by atoms with van der Waals surface area (Å²) in [7, 11) is 0. The van der Waals surface area contributed by atoms with Crippen molar-refractivity contribution in [2.45, 2.75) is 25.8 Å². The summed E-state index contributed by atoms with van der Waals surface area (Å²) in [5.41, 5.74) is 6.77. The van der Waals surface area contributed by atoms with Crippen LogP contribution in [-0.4, -0.2) is 19.1 Å². The van der Waals surface area contributed by atoms with E-state index in [9.17, 15) is 4.79 Å². The Bertz CT molecular complexity index is 414. The molecule has 0 radical (unpaired) electrons. The first-order chi connectivity index (χ1) is 8.66. The quantitative estimate of drug-likeness (QED) is 0.804. The van der Waals surface area contributed by atoms with Crippen LogP contribution in [0.2, 0.25) is 0 Å². The highest BCUT2D eigenvalue weighted by Gasteiger charge is 2.21. The summed E-state index contributed by atoms with van der Waals surface area (Å²) in [6.45, 7) is 2.73. The van der Waals surface area contributed by atoms with E-state index in [0.29, 0.717) is 11.7 Å². The Morgan fingerprint density at radius 2 is 2.22 bits per heavy atom. The average molecular weight is 248 g/mol. The van der Waals surface area contributed by atoms with Crippen LogP contribution in [0.15, 0.2) is 24.3 Å². The monoisotopic (exact) mass is 248 g/mol. The molecular weight excluding hydrogens is 228 g/mol. The van der Waals surface area contributed by atoms with Crippen molar-refractivity contribution in [1.82, 2.24) is 5.32 Å². The van der Waals surface area contributed by atoms with Gasteiger partial charge in [0.25, 0.3) is 5.91 Å². The first kappa shape index (κ1) is 12.9. The molecule has 4 heteroatoms. The molecule has 1 aromatic rings. The first-order valence-corrected chi connectivity index (χ1v) is 6.41. The van der Waals surface area contributed by atoms with Crippen LogP contribution in [-0.2, 0) is 4.79 Å². The number of nitrogens with two attached hydrogens (primary N) is 1. The van der Waals surface area contributed by atoms with Gasteiger partial charge in [-0.15, -0.1) is 0 Å². The molecule has 1 aliphatic carbocycles. The first-order valence-electron chi connectivity index (χ1n) is 6.41. The van der Waals surface area contributed by atoms with Crippen molar-refractivity contribution < 1.29 is 9.53 Å². The number of ether oxygens (including phenoxy) is 1. The fraction of sp³-hybridized carbons (Fsp3) is 0.500. The molecule has 1 unspecified atom stereocenters. The Kier molecular flexibility index (Phi) is 4.20. The third-order valence-corrected chi connectivity index (χ3v) is 3.05. The molecule has 1 aromatic carbocycles. The Hall–Kier alpha value is -1.55. The van der Waals surface area contributed by atoms with E-state index in [1.165, 1.54) is 12.8 Å². The summed E-state index contributed by atoms with van der Waals surface area (Å²) in [4.78, 5) is 11.6. The Balaban J connectivity index is 1.82. The van der Waals surface area contributed by atoms with Gasteiger partial charge in [-0.25, -0.2) is 0 Å². The SMILES string of the molecule is CC(N)c1ccccc1OCC(=O)NCC1CC1. The normalized spacial score (nSPS) is 16.1. The number of rotatable bonds is 6. The average Bonchev–Trinajstić information content (AvgIpc) is 3.18. The van der Waals surface area contributed by atoms with Gasteiger partial charge >= 0.3 is 0 Å². The summed E-state index contributed by atoms with van der Waals surface area (Å²) >= 11 is 0. The summed E-state index contributed by atoms with van der Waals surface area (Å²) in [6.07, 6.45) is 2.46. The molecule has 1 saturated carbocycles. The number of para-hydroxylation sites is 1. The van der Waals surface area contributed by atoms with Crippen LogP contribution in [0.3, 0.4) is 0 Å². The molecule has 3 N–H and O–H groups in total. The molecule has 0 bridgehead atoms. The number of carbonyl (C=O) groups is 1. The van der Waals surface area contributed by atoms with E-state index in [2.05, 4.69) is 5.32 Å². The molecule has 1 fully saturated rings. The van der Waals surface area contributed by atoms with Crippen LogP contribution in [0.5, 0.6) is 5.75 Å². The number of hydrogen-bond donors (Lipinski definition) is 2. The van der Waals surface area contributed by atoms with Crippen molar-refractivity contribution in [3.63, 3.8) is 0 Å². The highest BCUT2D eigenvalue weighted by Crippen LogP contribution is 2.27. The summed E-state index contributed by atoms with van der Waals surface area (Å²) in [6, 6.07) is 7.45. The molecule has 4 nitrogen and oxygen atoms in total.